The van der Waals surface area contributed by atoms with Crippen LogP contribution in [0, 0.1) is 17.8 Å². The monoisotopic (exact) mass is 281 g/mol. The van der Waals surface area contributed by atoms with E-state index in [9.17, 15) is 0 Å². The van der Waals surface area contributed by atoms with Gasteiger partial charge in [0.05, 0.1) is 0 Å². The van der Waals surface area contributed by atoms with Crippen LogP contribution in [-0.4, -0.2) is 6.54 Å². The van der Waals surface area contributed by atoms with Gasteiger partial charge >= 0.3 is 0 Å². The minimum Gasteiger partial charge on any atom is -0.310 e. The summed E-state index contributed by atoms with van der Waals surface area (Å²) in [5.41, 5.74) is 4.68. The average Bonchev–Trinajstić information content (AvgIpc) is 3.15. The number of rotatable bonds is 4. The molecule has 21 heavy (non-hydrogen) atoms. The summed E-state index contributed by atoms with van der Waals surface area (Å²) >= 11 is 0. The van der Waals surface area contributed by atoms with Crippen molar-refractivity contribution in [3.8, 4) is 0 Å². The Labute approximate surface area is 128 Å². The Morgan fingerprint density at radius 1 is 1.10 bits per heavy atom. The lowest BCUT2D eigenvalue weighted by Crippen LogP contribution is -2.28. The second-order valence-electron chi connectivity index (χ2n) is 7.41. The maximum atomic E-state index is 3.80. The van der Waals surface area contributed by atoms with E-state index in [0.717, 1.165) is 17.8 Å². The molecule has 0 spiro atoms. The van der Waals surface area contributed by atoms with Crippen LogP contribution in [0.1, 0.15) is 55.3 Å². The van der Waals surface area contributed by atoms with E-state index in [4.69, 9.17) is 0 Å². The maximum Gasteiger partial charge on any atom is 0.0292 e. The van der Waals surface area contributed by atoms with Gasteiger partial charge in [0.15, 0.2) is 0 Å². The molecule has 112 valence electrons. The van der Waals surface area contributed by atoms with Crippen molar-refractivity contribution in [3.63, 3.8) is 0 Å². The number of allylic oxidation sites excluding steroid dienone is 2. The standard InChI is InChI=1S/C20H27N/c1-14(21-13-20-11-15-6-7-19(20)10-15)17-9-8-16-4-2-3-5-18(16)12-17/h6-9,12,14-15,19-21H,2-5,10-11,13H2,1H3. The highest BCUT2D eigenvalue weighted by Gasteiger charge is 2.35. The molecule has 1 N–H and O–H groups in total. The first-order valence-electron chi connectivity index (χ1n) is 8.83. The largest absolute Gasteiger partial charge is 0.310 e. The molecular formula is C20H27N. The van der Waals surface area contributed by atoms with E-state index in [1.165, 1.54) is 50.6 Å². The van der Waals surface area contributed by atoms with E-state index in [2.05, 4.69) is 42.6 Å². The highest BCUT2D eigenvalue weighted by atomic mass is 14.9. The van der Waals surface area contributed by atoms with E-state index in [0.29, 0.717) is 6.04 Å². The lowest BCUT2D eigenvalue weighted by atomic mass is 9.89. The normalized spacial score (nSPS) is 31.4. The zero-order chi connectivity index (χ0) is 14.2. The van der Waals surface area contributed by atoms with Crippen LogP contribution in [-0.2, 0) is 12.8 Å². The van der Waals surface area contributed by atoms with Gasteiger partial charge in [-0.05, 0) is 86.4 Å². The summed E-state index contributed by atoms with van der Waals surface area (Å²) in [6.45, 7) is 3.51. The van der Waals surface area contributed by atoms with E-state index in [-0.39, 0.29) is 0 Å². The van der Waals surface area contributed by atoms with Crippen LogP contribution in [0.25, 0.3) is 0 Å². The molecule has 0 aliphatic heterocycles. The molecule has 1 heteroatoms. The molecule has 0 amide bonds. The minimum absolute atomic E-state index is 0.486. The average molecular weight is 281 g/mol. The van der Waals surface area contributed by atoms with Gasteiger partial charge in [-0.2, -0.15) is 0 Å². The molecule has 0 saturated heterocycles. The fourth-order valence-corrected chi connectivity index (χ4v) is 4.60. The third-order valence-corrected chi connectivity index (χ3v) is 5.98. The molecule has 0 heterocycles. The number of nitrogens with one attached hydrogen (secondary N) is 1. The molecule has 1 saturated carbocycles. The van der Waals surface area contributed by atoms with Gasteiger partial charge < -0.3 is 5.32 Å². The van der Waals surface area contributed by atoms with Crippen LogP contribution in [0.5, 0.6) is 0 Å². The first kappa shape index (κ1) is 13.6. The molecule has 4 unspecified atom stereocenters. The summed E-state index contributed by atoms with van der Waals surface area (Å²) in [6, 6.07) is 7.68. The quantitative estimate of drug-likeness (QED) is 0.805. The van der Waals surface area contributed by atoms with Crippen molar-refractivity contribution in [1.29, 1.82) is 0 Å². The molecule has 3 aliphatic carbocycles. The topological polar surface area (TPSA) is 12.0 Å². The van der Waals surface area contributed by atoms with Gasteiger partial charge in [-0.1, -0.05) is 30.4 Å². The summed E-state index contributed by atoms with van der Waals surface area (Å²) in [6.07, 6.45) is 13.0. The third-order valence-electron chi connectivity index (χ3n) is 5.98. The molecule has 3 aliphatic rings. The van der Waals surface area contributed by atoms with Crippen molar-refractivity contribution in [3.05, 3.63) is 47.0 Å². The van der Waals surface area contributed by atoms with Crippen LogP contribution in [0.4, 0.5) is 0 Å². The first-order chi connectivity index (χ1) is 10.3. The Balaban J connectivity index is 1.38. The van der Waals surface area contributed by atoms with Crippen molar-refractivity contribution in [2.75, 3.05) is 6.54 Å². The Bertz CT molecular complexity index is 545. The van der Waals surface area contributed by atoms with Gasteiger partial charge in [0.25, 0.3) is 0 Å². The molecule has 4 atom stereocenters. The van der Waals surface area contributed by atoms with Gasteiger partial charge in [0.1, 0.15) is 0 Å². The zero-order valence-corrected chi connectivity index (χ0v) is 13.1. The van der Waals surface area contributed by atoms with Crippen LogP contribution >= 0.6 is 0 Å². The van der Waals surface area contributed by atoms with Crippen LogP contribution in [0.2, 0.25) is 0 Å². The molecule has 4 rings (SSSR count). The molecule has 2 bridgehead atoms. The second-order valence-corrected chi connectivity index (χ2v) is 7.41. The van der Waals surface area contributed by atoms with Gasteiger partial charge in [0.2, 0.25) is 0 Å². The Hall–Kier alpha value is -1.08. The van der Waals surface area contributed by atoms with Crippen molar-refractivity contribution < 1.29 is 0 Å². The Kier molecular flexibility index (Phi) is 3.62. The SMILES string of the molecule is CC(NCC1CC2C=CC1C2)c1ccc2c(c1)CCCC2. The van der Waals surface area contributed by atoms with Crippen molar-refractivity contribution >= 4 is 0 Å². The fraction of sp³-hybridized carbons (Fsp3) is 0.600. The molecule has 0 aromatic heterocycles. The van der Waals surface area contributed by atoms with E-state index >= 15 is 0 Å². The molecule has 1 fully saturated rings. The predicted octanol–water partition coefficient (Wildman–Crippen LogP) is 4.43. The van der Waals surface area contributed by atoms with Crippen molar-refractivity contribution in [2.24, 2.45) is 17.8 Å². The van der Waals surface area contributed by atoms with E-state index in [1.807, 2.05) is 0 Å². The summed E-state index contributed by atoms with van der Waals surface area (Å²) in [5.74, 6) is 2.62. The highest BCUT2D eigenvalue weighted by molar-refractivity contribution is 5.35. The van der Waals surface area contributed by atoms with Crippen molar-refractivity contribution in [2.45, 2.75) is 51.5 Å². The Morgan fingerprint density at radius 2 is 1.95 bits per heavy atom. The van der Waals surface area contributed by atoms with Crippen molar-refractivity contribution in [1.82, 2.24) is 5.32 Å². The number of hydrogen-bond acceptors (Lipinski definition) is 1. The number of fused-ring (bicyclic) bond motifs is 3. The Morgan fingerprint density at radius 3 is 2.71 bits per heavy atom. The van der Waals surface area contributed by atoms with Crippen LogP contribution in [0.15, 0.2) is 30.4 Å². The second kappa shape index (κ2) is 5.61. The third kappa shape index (κ3) is 2.68. The van der Waals surface area contributed by atoms with Crippen LogP contribution in [0.3, 0.4) is 0 Å². The summed E-state index contributed by atoms with van der Waals surface area (Å²) < 4.78 is 0. The number of benzene rings is 1. The van der Waals surface area contributed by atoms with Gasteiger partial charge in [-0.25, -0.2) is 0 Å². The maximum absolute atomic E-state index is 3.80. The lowest BCUT2D eigenvalue weighted by molar-refractivity contribution is 0.393. The number of hydrogen-bond donors (Lipinski definition) is 1. The fourth-order valence-electron chi connectivity index (χ4n) is 4.60. The predicted molar refractivity (Wildman–Crippen MR) is 88.3 cm³/mol. The van der Waals surface area contributed by atoms with Crippen LogP contribution < -0.4 is 5.32 Å². The van der Waals surface area contributed by atoms with Gasteiger partial charge in [0, 0.05) is 6.04 Å². The summed E-state index contributed by atoms with van der Waals surface area (Å²) in [5, 5.41) is 3.80. The molecule has 1 aromatic rings. The zero-order valence-electron chi connectivity index (χ0n) is 13.1. The number of aryl methyl sites for hydroxylation is 2. The smallest absolute Gasteiger partial charge is 0.0292 e. The summed E-state index contributed by atoms with van der Waals surface area (Å²) in [7, 11) is 0. The molecule has 1 nitrogen and oxygen atoms in total. The van der Waals surface area contributed by atoms with E-state index < -0.39 is 0 Å². The van der Waals surface area contributed by atoms with E-state index in [1.54, 1.807) is 11.1 Å². The highest BCUT2D eigenvalue weighted by Crippen LogP contribution is 2.43. The molecule has 0 radical (unpaired) electrons. The first-order valence-corrected chi connectivity index (χ1v) is 8.83. The lowest BCUT2D eigenvalue weighted by Gasteiger charge is -2.23. The van der Waals surface area contributed by atoms with Gasteiger partial charge in [-0.3, -0.25) is 0 Å². The summed E-state index contributed by atoms with van der Waals surface area (Å²) in [4.78, 5) is 0. The molecule has 1 aromatic carbocycles. The molecular weight excluding hydrogens is 254 g/mol. The minimum atomic E-state index is 0.486. The van der Waals surface area contributed by atoms with Gasteiger partial charge in [-0.15, -0.1) is 0 Å².